The van der Waals surface area contributed by atoms with Gasteiger partial charge in [0.2, 0.25) is 0 Å². The molecule has 0 aliphatic heterocycles. The fourth-order valence-corrected chi connectivity index (χ4v) is 1.99. The van der Waals surface area contributed by atoms with Gasteiger partial charge in [-0.2, -0.15) is 0 Å². The Morgan fingerprint density at radius 1 is 1.44 bits per heavy atom. The van der Waals surface area contributed by atoms with E-state index in [1.165, 1.54) is 12.0 Å². The van der Waals surface area contributed by atoms with Crippen molar-refractivity contribution in [1.82, 2.24) is 4.98 Å². The van der Waals surface area contributed by atoms with Gasteiger partial charge in [0, 0.05) is 11.6 Å². The van der Waals surface area contributed by atoms with Crippen LogP contribution in [0.3, 0.4) is 0 Å². The highest BCUT2D eigenvalue weighted by Gasteiger charge is 2.10. The minimum Gasteiger partial charge on any atom is -0.366 e. The van der Waals surface area contributed by atoms with Crippen LogP contribution < -0.4 is 5.73 Å². The normalized spacial score (nSPS) is 10.8. The molecule has 84 valence electrons. The third kappa shape index (κ3) is 1.81. The summed E-state index contributed by atoms with van der Waals surface area (Å²) < 4.78 is 0. The van der Waals surface area contributed by atoms with E-state index in [0.29, 0.717) is 5.56 Å². The highest BCUT2D eigenvalue weighted by Crippen LogP contribution is 2.22. The number of nitrogens with one attached hydrogen (secondary N) is 1. The first-order valence-electron chi connectivity index (χ1n) is 5.62. The largest absolute Gasteiger partial charge is 0.366 e. The summed E-state index contributed by atoms with van der Waals surface area (Å²) in [6, 6.07) is 5.67. The molecule has 0 aliphatic rings. The molecule has 16 heavy (non-hydrogen) atoms. The lowest BCUT2D eigenvalue weighted by Gasteiger charge is -2.00. The predicted molar refractivity (Wildman–Crippen MR) is 65.4 cm³/mol. The van der Waals surface area contributed by atoms with Crippen molar-refractivity contribution in [2.45, 2.75) is 26.2 Å². The van der Waals surface area contributed by atoms with Crippen LogP contribution >= 0.6 is 0 Å². The molecule has 0 radical (unpaired) electrons. The number of primary amides is 1. The molecule has 1 heterocycles. The van der Waals surface area contributed by atoms with Gasteiger partial charge in [-0.25, -0.2) is 0 Å². The molecule has 0 saturated heterocycles. The number of amides is 1. The topological polar surface area (TPSA) is 58.9 Å². The average Bonchev–Trinajstić information content (AvgIpc) is 2.69. The van der Waals surface area contributed by atoms with E-state index in [1.54, 1.807) is 6.07 Å². The first-order valence-corrected chi connectivity index (χ1v) is 5.62. The second-order valence-corrected chi connectivity index (χ2v) is 4.01. The van der Waals surface area contributed by atoms with Gasteiger partial charge >= 0.3 is 0 Å². The summed E-state index contributed by atoms with van der Waals surface area (Å²) >= 11 is 0. The van der Waals surface area contributed by atoms with E-state index >= 15 is 0 Å². The van der Waals surface area contributed by atoms with Gasteiger partial charge in [0.25, 0.3) is 5.91 Å². The molecule has 0 saturated carbocycles. The molecule has 0 unspecified atom stereocenters. The maximum absolute atomic E-state index is 11.2. The Morgan fingerprint density at radius 2 is 2.25 bits per heavy atom. The highest BCUT2D eigenvalue weighted by atomic mass is 16.1. The number of hydrogen-bond donors (Lipinski definition) is 2. The van der Waals surface area contributed by atoms with E-state index in [2.05, 4.69) is 11.9 Å². The van der Waals surface area contributed by atoms with Gasteiger partial charge < -0.3 is 10.7 Å². The molecule has 3 heteroatoms. The van der Waals surface area contributed by atoms with Crippen LogP contribution in [-0.4, -0.2) is 10.9 Å². The maximum atomic E-state index is 11.2. The standard InChI is InChI=1S/C13H16N2O/c1-2-3-5-9-8-15-12-10(9)6-4-7-11(12)13(14)16/h4,6-8,15H,2-3,5H2,1H3,(H2,14,16). The number of carbonyl (C=O) groups excluding carboxylic acids is 1. The highest BCUT2D eigenvalue weighted by molar-refractivity contribution is 6.05. The van der Waals surface area contributed by atoms with Crippen molar-refractivity contribution in [1.29, 1.82) is 0 Å². The summed E-state index contributed by atoms with van der Waals surface area (Å²) in [4.78, 5) is 14.4. The second kappa shape index (κ2) is 4.39. The van der Waals surface area contributed by atoms with Crippen molar-refractivity contribution in [3.05, 3.63) is 35.5 Å². The van der Waals surface area contributed by atoms with Crippen LogP contribution in [0.5, 0.6) is 0 Å². The van der Waals surface area contributed by atoms with Crippen LogP contribution in [0.15, 0.2) is 24.4 Å². The molecule has 3 nitrogen and oxygen atoms in total. The van der Waals surface area contributed by atoms with Crippen molar-refractivity contribution < 1.29 is 4.79 Å². The molecular formula is C13H16N2O. The fourth-order valence-electron chi connectivity index (χ4n) is 1.99. The summed E-state index contributed by atoms with van der Waals surface area (Å²) in [6.07, 6.45) is 5.35. The lowest BCUT2D eigenvalue weighted by atomic mass is 10.0. The number of H-pyrrole nitrogens is 1. The molecule has 0 aliphatic carbocycles. The van der Waals surface area contributed by atoms with Crippen molar-refractivity contribution in [2.24, 2.45) is 5.73 Å². The number of hydrogen-bond acceptors (Lipinski definition) is 1. The van der Waals surface area contributed by atoms with E-state index in [9.17, 15) is 4.79 Å². The monoisotopic (exact) mass is 216 g/mol. The number of unbranched alkanes of at least 4 members (excludes halogenated alkanes) is 1. The first kappa shape index (κ1) is 10.7. The maximum Gasteiger partial charge on any atom is 0.250 e. The number of aromatic amines is 1. The van der Waals surface area contributed by atoms with Crippen molar-refractivity contribution in [3.8, 4) is 0 Å². The molecule has 0 spiro atoms. The number of rotatable bonds is 4. The number of aryl methyl sites for hydroxylation is 1. The van der Waals surface area contributed by atoms with Gasteiger partial charge in [-0.3, -0.25) is 4.79 Å². The van der Waals surface area contributed by atoms with Crippen LogP contribution in [0.1, 0.15) is 35.7 Å². The van der Waals surface area contributed by atoms with Crippen LogP contribution in [0, 0.1) is 0 Å². The van der Waals surface area contributed by atoms with Crippen molar-refractivity contribution >= 4 is 16.8 Å². The third-order valence-corrected chi connectivity index (χ3v) is 2.87. The summed E-state index contributed by atoms with van der Waals surface area (Å²) in [5.41, 5.74) is 8.03. The Bertz CT molecular complexity index is 514. The molecule has 1 aromatic heterocycles. The van der Waals surface area contributed by atoms with Gasteiger partial charge in [-0.1, -0.05) is 25.5 Å². The molecule has 1 amide bonds. The Balaban J connectivity index is 2.48. The average molecular weight is 216 g/mol. The molecular weight excluding hydrogens is 200 g/mol. The number of para-hydroxylation sites is 1. The van der Waals surface area contributed by atoms with Crippen LogP contribution in [0.4, 0.5) is 0 Å². The summed E-state index contributed by atoms with van der Waals surface area (Å²) in [5.74, 6) is -0.380. The lowest BCUT2D eigenvalue weighted by Crippen LogP contribution is -2.11. The fraction of sp³-hybridized carbons (Fsp3) is 0.308. The zero-order valence-corrected chi connectivity index (χ0v) is 9.42. The SMILES string of the molecule is CCCCc1c[nH]c2c(C(N)=O)cccc12. The Labute approximate surface area is 94.6 Å². The molecule has 2 rings (SSSR count). The lowest BCUT2D eigenvalue weighted by molar-refractivity contribution is 0.100. The van der Waals surface area contributed by atoms with Crippen molar-refractivity contribution in [3.63, 3.8) is 0 Å². The summed E-state index contributed by atoms with van der Waals surface area (Å²) in [7, 11) is 0. The summed E-state index contributed by atoms with van der Waals surface area (Å²) in [5, 5.41) is 1.12. The second-order valence-electron chi connectivity index (χ2n) is 4.01. The molecule has 2 aromatic rings. The van der Waals surface area contributed by atoms with Crippen LogP contribution in [0.25, 0.3) is 10.9 Å². The molecule has 0 fully saturated rings. The van der Waals surface area contributed by atoms with E-state index in [4.69, 9.17) is 5.73 Å². The minimum absolute atomic E-state index is 0.380. The van der Waals surface area contributed by atoms with Crippen LogP contribution in [0.2, 0.25) is 0 Å². The van der Waals surface area contributed by atoms with E-state index < -0.39 is 0 Å². The van der Waals surface area contributed by atoms with Gasteiger partial charge in [0.15, 0.2) is 0 Å². The first-order chi connectivity index (χ1) is 7.74. The predicted octanol–water partition coefficient (Wildman–Crippen LogP) is 2.61. The number of fused-ring (bicyclic) bond motifs is 1. The Hall–Kier alpha value is -1.77. The zero-order valence-electron chi connectivity index (χ0n) is 9.42. The molecule has 1 aromatic carbocycles. The zero-order chi connectivity index (χ0) is 11.5. The van der Waals surface area contributed by atoms with Crippen molar-refractivity contribution in [2.75, 3.05) is 0 Å². The Kier molecular flexibility index (Phi) is 2.95. The van der Waals surface area contributed by atoms with Gasteiger partial charge in [0.05, 0.1) is 11.1 Å². The molecule has 0 bridgehead atoms. The van der Waals surface area contributed by atoms with E-state index in [1.807, 2.05) is 18.3 Å². The Morgan fingerprint density at radius 3 is 2.94 bits per heavy atom. The summed E-state index contributed by atoms with van der Waals surface area (Å²) in [6.45, 7) is 2.17. The van der Waals surface area contributed by atoms with Gasteiger partial charge in [0.1, 0.15) is 0 Å². The third-order valence-electron chi connectivity index (χ3n) is 2.87. The number of benzene rings is 1. The minimum atomic E-state index is -0.380. The van der Waals surface area contributed by atoms with Gasteiger partial charge in [-0.05, 0) is 24.5 Å². The number of carbonyl (C=O) groups is 1. The molecule has 3 N–H and O–H groups in total. The number of nitrogens with two attached hydrogens (primary N) is 1. The van der Waals surface area contributed by atoms with E-state index in [0.717, 1.165) is 23.7 Å². The quantitative estimate of drug-likeness (QED) is 0.810. The van der Waals surface area contributed by atoms with Gasteiger partial charge in [-0.15, -0.1) is 0 Å². The number of aromatic nitrogens is 1. The van der Waals surface area contributed by atoms with Crippen LogP contribution in [-0.2, 0) is 6.42 Å². The van der Waals surface area contributed by atoms with E-state index in [-0.39, 0.29) is 5.91 Å². The smallest absolute Gasteiger partial charge is 0.250 e. The molecule has 0 atom stereocenters.